The van der Waals surface area contributed by atoms with Gasteiger partial charge in [0.15, 0.2) is 0 Å². The molecule has 0 aliphatic heterocycles. The molecule has 0 aromatic heterocycles. The van der Waals surface area contributed by atoms with Gasteiger partial charge in [-0.1, -0.05) is 24.3 Å². The minimum absolute atomic E-state index is 0.0187. The van der Waals surface area contributed by atoms with Crippen LogP contribution in [0.4, 0.5) is 0 Å². The van der Waals surface area contributed by atoms with E-state index in [-0.39, 0.29) is 5.91 Å². The molecular formula is C13H20N2O2. The SMILES string of the molecule is CCOCCNC(=O)Cc1ccc(CN)cc1. The fraction of sp³-hybridized carbons (Fsp3) is 0.462. The zero-order chi connectivity index (χ0) is 12.5. The maximum absolute atomic E-state index is 11.5. The van der Waals surface area contributed by atoms with Gasteiger partial charge in [0.1, 0.15) is 0 Å². The van der Waals surface area contributed by atoms with Crippen molar-refractivity contribution in [3.63, 3.8) is 0 Å². The smallest absolute Gasteiger partial charge is 0.224 e. The van der Waals surface area contributed by atoms with Crippen LogP contribution < -0.4 is 11.1 Å². The first-order valence-corrected chi connectivity index (χ1v) is 5.88. The van der Waals surface area contributed by atoms with Gasteiger partial charge in [0.05, 0.1) is 13.0 Å². The van der Waals surface area contributed by atoms with Crippen LogP contribution >= 0.6 is 0 Å². The molecule has 0 spiro atoms. The maximum Gasteiger partial charge on any atom is 0.224 e. The van der Waals surface area contributed by atoms with E-state index in [1.807, 2.05) is 31.2 Å². The van der Waals surface area contributed by atoms with Crippen LogP contribution in [-0.2, 0) is 22.5 Å². The van der Waals surface area contributed by atoms with E-state index in [9.17, 15) is 4.79 Å². The lowest BCUT2D eigenvalue weighted by atomic mass is 10.1. The molecule has 0 atom stereocenters. The van der Waals surface area contributed by atoms with Crippen molar-refractivity contribution in [2.45, 2.75) is 19.9 Å². The number of hydrogen-bond acceptors (Lipinski definition) is 3. The van der Waals surface area contributed by atoms with Crippen LogP contribution in [-0.4, -0.2) is 25.7 Å². The molecule has 0 fully saturated rings. The Morgan fingerprint density at radius 2 is 1.94 bits per heavy atom. The van der Waals surface area contributed by atoms with Crippen molar-refractivity contribution >= 4 is 5.91 Å². The van der Waals surface area contributed by atoms with E-state index in [0.717, 1.165) is 11.1 Å². The lowest BCUT2D eigenvalue weighted by Gasteiger charge is -2.05. The molecule has 1 aromatic rings. The molecule has 0 aliphatic rings. The summed E-state index contributed by atoms with van der Waals surface area (Å²) in [6.07, 6.45) is 0.400. The van der Waals surface area contributed by atoms with E-state index in [2.05, 4.69) is 5.32 Å². The minimum atomic E-state index is 0.0187. The highest BCUT2D eigenvalue weighted by Crippen LogP contribution is 2.04. The first-order chi connectivity index (χ1) is 8.26. The van der Waals surface area contributed by atoms with Gasteiger partial charge >= 0.3 is 0 Å². The standard InChI is InChI=1S/C13H20N2O2/c1-2-17-8-7-15-13(16)9-11-3-5-12(10-14)6-4-11/h3-6H,2,7-10,14H2,1H3,(H,15,16). The Labute approximate surface area is 102 Å². The number of carbonyl (C=O) groups is 1. The molecule has 4 nitrogen and oxygen atoms in total. The van der Waals surface area contributed by atoms with E-state index in [1.54, 1.807) is 0 Å². The average molecular weight is 236 g/mol. The third-order valence-electron chi connectivity index (χ3n) is 2.40. The second-order valence-electron chi connectivity index (χ2n) is 3.74. The fourth-order valence-corrected chi connectivity index (χ4v) is 1.45. The number of nitrogens with one attached hydrogen (secondary N) is 1. The maximum atomic E-state index is 11.5. The Balaban J connectivity index is 2.29. The highest BCUT2D eigenvalue weighted by molar-refractivity contribution is 5.78. The Morgan fingerprint density at radius 1 is 1.29 bits per heavy atom. The summed E-state index contributed by atoms with van der Waals surface area (Å²) in [5.74, 6) is 0.0187. The van der Waals surface area contributed by atoms with Crippen molar-refractivity contribution in [3.05, 3.63) is 35.4 Å². The molecule has 4 heteroatoms. The van der Waals surface area contributed by atoms with Crippen LogP contribution in [0.3, 0.4) is 0 Å². The quantitative estimate of drug-likeness (QED) is 0.690. The number of nitrogens with two attached hydrogens (primary N) is 1. The van der Waals surface area contributed by atoms with Gasteiger partial charge in [-0.05, 0) is 18.1 Å². The monoisotopic (exact) mass is 236 g/mol. The number of ether oxygens (including phenoxy) is 1. The first kappa shape index (κ1) is 13.7. The molecule has 0 saturated heterocycles. The molecule has 3 N–H and O–H groups in total. The topological polar surface area (TPSA) is 64.3 Å². The Kier molecular flexibility index (Phi) is 6.29. The fourth-order valence-electron chi connectivity index (χ4n) is 1.45. The van der Waals surface area contributed by atoms with Gasteiger partial charge in [-0.3, -0.25) is 4.79 Å². The van der Waals surface area contributed by atoms with E-state index in [0.29, 0.717) is 32.7 Å². The van der Waals surface area contributed by atoms with Crippen molar-refractivity contribution in [1.82, 2.24) is 5.32 Å². The summed E-state index contributed by atoms with van der Waals surface area (Å²) >= 11 is 0. The summed E-state index contributed by atoms with van der Waals surface area (Å²) in [5.41, 5.74) is 7.57. The molecule has 0 bridgehead atoms. The average Bonchev–Trinajstić information content (AvgIpc) is 2.36. The van der Waals surface area contributed by atoms with Crippen LogP contribution in [0.2, 0.25) is 0 Å². The van der Waals surface area contributed by atoms with Crippen LogP contribution in [0.1, 0.15) is 18.1 Å². The molecule has 17 heavy (non-hydrogen) atoms. The number of benzene rings is 1. The van der Waals surface area contributed by atoms with Gasteiger partial charge in [-0.2, -0.15) is 0 Å². The molecule has 94 valence electrons. The Hall–Kier alpha value is -1.39. The lowest BCUT2D eigenvalue weighted by Crippen LogP contribution is -2.28. The molecule has 1 amide bonds. The molecule has 0 aliphatic carbocycles. The van der Waals surface area contributed by atoms with E-state index >= 15 is 0 Å². The summed E-state index contributed by atoms with van der Waals surface area (Å²) in [6.45, 7) is 4.26. The van der Waals surface area contributed by atoms with Crippen LogP contribution in [0.25, 0.3) is 0 Å². The lowest BCUT2D eigenvalue weighted by molar-refractivity contribution is -0.120. The van der Waals surface area contributed by atoms with E-state index in [4.69, 9.17) is 10.5 Å². The van der Waals surface area contributed by atoms with E-state index in [1.165, 1.54) is 0 Å². The second-order valence-corrected chi connectivity index (χ2v) is 3.74. The van der Waals surface area contributed by atoms with Crippen molar-refractivity contribution < 1.29 is 9.53 Å². The summed E-state index contributed by atoms with van der Waals surface area (Å²) in [4.78, 5) is 11.5. The zero-order valence-corrected chi connectivity index (χ0v) is 10.2. The van der Waals surface area contributed by atoms with Crippen molar-refractivity contribution in [2.75, 3.05) is 19.8 Å². The molecule has 0 radical (unpaired) electrons. The first-order valence-electron chi connectivity index (χ1n) is 5.88. The van der Waals surface area contributed by atoms with Crippen molar-refractivity contribution in [1.29, 1.82) is 0 Å². The normalized spacial score (nSPS) is 10.2. The van der Waals surface area contributed by atoms with Crippen LogP contribution in [0.5, 0.6) is 0 Å². The Bertz CT molecular complexity index is 336. The molecule has 1 rings (SSSR count). The van der Waals surface area contributed by atoms with Gasteiger partial charge in [0.25, 0.3) is 0 Å². The Morgan fingerprint density at radius 3 is 2.53 bits per heavy atom. The highest BCUT2D eigenvalue weighted by Gasteiger charge is 2.02. The number of amides is 1. The van der Waals surface area contributed by atoms with Crippen molar-refractivity contribution in [3.8, 4) is 0 Å². The predicted molar refractivity (Wildman–Crippen MR) is 67.5 cm³/mol. The molecule has 0 unspecified atom stereocenters. The third kappa shape index (κ3) is 5.47. The zero-order valence-electron chi connectivity index (χ0n) is 10.2. The van der Waals surface area contributed by atoms with Crippen LogP contribution in [0, 0.1) is 0 Å². The summed E-state index contributed by atoms with van der Waals surface area (Å²) in [7, 11) is 0. The molecule has 0 heterocycles. The minimum Gasteiger partial charge on any atom is -0.380 e. The van der Waals surface area contributed by atoms with E-state index < -0.39 is 0 Å². The summed E-state index contributed by atoms with van der Waals surface area (Å²) in [6, 6.07) is 7.76. The molecular weight excluding hydrogens is 216 g/mol. The van der Waals surface area contributed by atoms with Gasteiger partial charge in [-0.25, -0.2) is 0 Å². The largest absolute Gasteiger partial charge is 0.380 e. The van der Waals surface area contributed by atoms with Crippen molar-refractivity contribution in [2.24, 2.45) is 5.73 Å². The number of hydrogen-bond donors (Lipinski definition) is 2. The van der Waals surface area contributed by atoms with Gasteiger partial charge in [-0.15, -0.1) is 0 Å². The second kappa shape index (κ2) is 7.81. The van der Waals surface area contributed by atoms with Gasteiger partial charge in [0.2, 0.25) is 5.91 Å². The van der Waals surface area contributed by atoms with Gasteiger partial charge in [0, 0.05) is 19.7 Å². The summed E-state index contributed by atoms with van der Waals surface area (Å²) < 4.78 is 5.14. The number of rotatable bonds is 7. The predicted octanol–water partition coefficient (Wildman–Crippen LogP) is 0.841. The van der Waals surface area contributed by atoms with Crippen LogP contribution in [0.15, 0.2) is 24.3 Å². The molecule has 0 saturated carbocycles. The van der Waals surface area contributed by atoms with Gasteiger partial charge < -0.3 is 15.8 Å². The molecule has 1 aromatic carbocycles. The third-order valence-corrected chi connectivity index (χ3v) is 2.40. The summed E-state index contributed by atoms with van der Waals surface area (Å²) in [5, 5.41) is 2.81. The number of carbonyl (C=O) groups excluding carboxylic acids is 1. The highest BCUT2D eigenvalue weighted by atomic mass is 16.5.